The van der Waals surface area contributed by atoms with E-state index in [4.69, 9.17) is 19.2 Å². The molecule has 32 heavy (non-hydrogen) atoms. The molecule has 8 nitrogen and oxygen atoms in total. The Morgan fingerprint density at radius 2 is 2.06 bits per heavy atom. The molecule has 2 aliphatic rings. The zero-order chi connectivity index (χ0) is 22.3. The van der Waals surface area contributed by atoms with Gasteiger partial charge in [-0.05, 0) is 31.5 Å². The van der Waals surface area contributed by atoms with Gasteiger partial charge >= 0.3 is 6.03 Å². The molecule has 9 heteroatoms. The maximum Gasteiger partial charge on any atom is 0.314 e. The van der Waals surface area contributed by atoms with Crippen molar-refractivity contribution in [2.24, 2.45) is 4.99 Å². The molecule has 0 saturated carbocycles. The summed E-state index contributed by atoms with van der Waals surface area (Å²) in [5, 5.41) is 5.74. The summed E-state index contributed by atoms with van der Waals surface area (Å²) >= 11 is 1.82. The van der Waals surface area contributed by atoms with Gasteiger partial charge in [-0.2, -0.15) is 0 Å². The largest absolute Gasteiger partial charge is 0.496 e. The van der Waals surface area contributed by atoms with Crippen molar-refractivity contribution in [2.75, 3.05) is 39.3 Å². The van der Waals surface area contributed by atoms with Crippen LogP contribution in [0, 0.1) is 0 Å². The Balaban J connectivity index is 1.54. The normalized spacial score (nSPS) is 18.1. The van der Waals surface area contributed by atoms with Gasteiger partial charge in [0.2, 0.25) is 6.79 Å². The molecule has 0 aliphatic carbocycles. The van der Waals surface area contributed by atoms with E-state index in [-0.39, 0.29) is 18.2 Å². The summed E-state index contributed by atoms with van der Waals surface area (Å²) < 4.78 is 16.5. The fraction of sp³-hybridized carbons (Fsp3) is 0.391. The van der Waals surface area contributed by atoms with Crippen LogP contribution in [0.4, 0.5) is 10.5 Å². The van der Waals surface area contributed by atoms with E-state index in [2.05, 4.69) is 21.6 Å². The number of hydrogen-bond acceptors (Lipinski definition) is 6. The minimum absolute atomic E-state index is 0.0865. The Labute approximate surface area is 192 Å². The molecule has 1 fully saturated rings. The second-order valence-corrected chi connectivity index (χ2v) is 8.37. The van der Waals surface area contributed by atoms with Crippen LogP contribution < -0.4 is 24.8 Å². The number of hydrogen-bond donors (Lipinski definition) is 2. The van der Waals surface area contributed by atoms with E-state index in [1.54, 1.807) is 7.11 Å². The lowest BCUT2D eigenvalue weighted by molar-refractivity contribution is 0.174. The van der Waals surface area contributed by atoms with Crippen molar-refractivity contribution in [1.29, 1.82) is 0 Å². The van der Waals surface area contributed by atoms with Gasteiger partial charge in [-0.15, -0.1) is 11.8 Å². The van der Waals surface area contributed by atoms with E-state index in [1.165, 1.54) is 0 Å². The lowest BCUT2D eigenvalue weighted by Gasteiger charge is -2.27. The highest BCUT2D eigenvalue weighted by molar-refractivity contribution is 8.00. The number of methoxy groups -OCH3 is 1. The van der Waals surface area contributed by atoms with Crippen molar-refractivity contribution in [3.8, 4) is 17.2 Å². The molecule has 0 bridgehead atoms. The van der Waals surface area contributed by atoms with Crippen molar-refractivity contribution in [3.05, 3.63) is 48.0 Å². The van der Waals surface area contributed by atoms with Crippen LogP contribution in [0.15, 0.2) is 47.5 Å². The average molecular weight is 457 g/mol. The first-order chi connectivity index (χ1) is 15.7. The number of carbonyl (C=O) groups is 1. The molecule has 4 rings (SSSR count). The van der Waals surface area contributed by atoms with Gasteiger partial charge in [0, 0.05) is 31.3 Å². The first-order valence-corrected chi connectivity index (χ1v) is 11.7. The second-order valence-electron chi connectivity index (χ2n) is 7.30. The number of amides is 2. The van der Waals surface area contributed by atoms with E-state index in [0.717, 1.165) is 53.1 Å². The third-order valence-corrected chi connectivity index (χ3v) is 6.45. The lowest BCUT2D eigenvalue weighted by atomic mass is 10.1. The number of nitrogens with one attached hydrogen (secondary N) is 2. The average Bonchev–Trinajstić information content (AvgIpc) is 3.43. The van der Waals surface area contributed by atoms with Crippen LogP contribution in [0.1, 0.15) is 24.3 Å². The predicted molar refractivity (Wildman–Crippen MR) is 126 cm³/mol. The number of aliphatic imine (C=N–C) groups is 1. The zero-order valence-electron chi connectivity index (χ0n) is 18.3. The van der Waals surface area contributed by atoms with Gasteiger partial charge in [0.15, 0.2) is 11.5 Å². The molecule has 2 heterocycles. The van der Waals surface area contributed by atoms with Crippen LogP contribution in [0.5, 0.6) is 17.2 Å². The predicted octanol–water partition coefficient (Wildman–Crippen LogP) is 3.91. The Hall–Kier alpha value is -3.07. The molecule has 0 aromatic heterocycles. The number of urea groups is 1. The number of para-hydroxylation sites is 1. The quantitative estimate of drug-likeness (QED) is 0.586. The topological polar surface area (TPSA) is 84.4 Å². The van der Waals surface area contributed by atoms with E-state index in [1.807, 2.05) is 55.1 Å². The minimum atomic E-state index is -0.140. The van der Waals surface area contributed by atoms with Gasteiger partial charge in [0.25, 0.3) is 0 Å². The summed E-state index contributed by atoms with van der Waals surface area (Å²) in [5.74, 6) is 4.09. The molecule has 2 aromatic carbocycles. The van der Waals surface area contributed by atoms with Crippen molar-refractivity contribution in [3.63, 3.8) is 0 Å². The molecule has 0 radical (unpaired) electrons. The number of benzene rings is 2. The van der Waals surface area contributed by atoms with Crippen LogP contribution in [0.25, 0.3) is 0 Å². The highest BCUT2D eigenvalue weighted by Crippen LogP contribution is 2.44. The maximum absolute atomic E-state index is 11.7. The second kappa shape index (κ2) is 10.5. The van der Waals surface area contributed by atoms with Gasteiger partial charge in [-0.25, -0.2) is 9.79 Å². The highest BCUT2D eigenvalue weighted by Gasteiger charge is 2.33. The van der Waals surface area contributed by atoms with E-state index in [9.17, 15) is 4.79 Å². The van der Waals surface area contributed by atoms with Crippen LogP contribution in [-0.2, 0) is 0 Å². The number of thioether (sulfide) groups is 1. The van der Waals surface area contributed by atoms with Gasteiger partial charge in [-0.3, -0.25) is 0 Å². The summed E-state index contributed by atoms with van der Waals surface area (Å²) in [4.78, 5) is 18.9. The molecule has 2 aliphatic heterocycles. The monoisotopic (exact) mass is 456 g/mol. The van der Waals surface area contributed by atoms with Crippen LogP contribution in [0.3, 0.4) is 0 Å². The number of carbonyl (C=O) groups excluding carboxylic acids is 1. The number of rotatable bonds is 8. The highest BCUT2D eigenvalue weighted by atomic mass is 32.2. The first-order valence-electron chi connectivity index (χ1n) is 10.7. The van der Waals surface area contributed by atoms with Gasteiger partial charge in [-0.1, -0.05) is 18.2 Å². The lowest BCUT2D eigenvalue weighted by Crippen LogP contribution is -2.37. The third-order valence-electron chi connectivity index (χ3n) is 5.20. The number of amidine groups is 1. The SMILES string of the molecule is CCNC(=O)NCCCN1C(=Nc2ccc3c(c2)OCO3)CSC1c1ccccc1OC. The first kappa shape index (κ1) is 22.1. The van der Waals surface area contributed by atoms with Crippen molar-refractivity contribution < 1.29 is 19.0 Å². The minimum Gasteiger partial charge on any atom is -0.496 e. The van der Waals surface area contributed by atoms with E-state index in [0.29, 0.717) is 13.1 Å². The van der Waals surface area contributed by atoms with Crippen molar-refractivity contribution in [2.45, 2.75) is 18.7 Å². The van der Waals surface area contributed by atoms with Gasteiger partial charge in [0.1, 0.15) is 17.0 Å². The molecule has 1 unspecified atom stereocenters. The Morgan fingerprint density at radius 1 is 1.22 bits per heavy atom. The summed E-state index contributed by atoms with van der Waals surface area (Å²) in [6.07, 6.45) is 0.795. The Kier molecular flexibility index (Phi) is 7.26. The van der Waals surface area contributed by atoms with Crippen LogP contribution >= 0.6 is 11.8 Å². The fourth-order valence-electron chi connectivity index (χ4n) is 3.71. The molecule has 2 amide bonds. The molecule has 170 valence electrons. The number of fused-ring (bicyclic) bond motifs is 1. The fourth-order valence-corrected chi connectivity index (χ4v) is 5.03. The molecule has 1 saturated heterocycles. The Morgan fingerprint density at radius 3 is 2.91 bits per heavy atom. The number of nitrogens with zero attached hydrogens (tertiary/aromatic N) is 2. The maximum atomic E-state index is 11.7. The smallest absolute Gasteiger partial charge is 0.314 e. The Bertz CT molecular complexity index is 984. The standard InChI is InChI=1S/C23H28N4O4S/c1-3-24-23(28)25-11-6-12-27-21(26-16-9-10-19-20(13-16)31-15-30-19)14-32-22(27)17-7-4-5-8-18(17)29-2/h4-5,7-10,13,22H,3,6,11-12,14-15H2,1-2H3,(H2,24,25,28). The third kappa shape index (κ3) is 5.04. The zero-order valence-corrected chi connectivity index (χ0v) is 19.1. The summed E-state index contributed by atoms with van der Waals surface area (Å²) in [6.45, 7) is 4.09. The van der Waals surface area contributed by atoms with Crippen molar-refractivity contribution >= 4 is 29.3 Å². The molecular formula is C23H28N4O4S. The molecular weight excluding hydrogens is 428 g/mol. The van der Waals surface area contributed by atoms with E-state index < -0.39 is 0 Å². The molecule has 1 atom stereocenters. The van der Waals surface area contributed by atoms with Crippen LogP contribution in [-0.4, -0.2) is 56.1 Å². The van der Waals surface area contributed by atoms with Crippen molar-refractivity contribution in [1.82, 2.24) is 15.5 Å². The summed E-state index contributed by atoms with van der Waals surface area (Å²) in [7, 11) is 1.70. The molecule has 2 aromatic rings. The molecule has 0 spiro atoms. The number of ether oxygens (including phenoxy) is 3. The van der Waals surface area contributed by atoms with Gasteiger partial charge in [0.05, 0.1) is 18.6 Å². The molecule has 2 N–H and O–H groups in total. The van der Waals surface area contributed by atoms with Crippen LogP contribution in [0.2, 0.25) is 0 Å². The van der Waals surface area contributed by atoms with E-state index >= 15 is 0 Å². The van der Waals surface area contributed by atoms with Gasteiger partial charge < -0.3 is 29.7 Å². The summed E-state index contributed by atoms with van der Waals surface area (Å²) in [6, 6.07) is 13.7. The summed E-state index contributed by atoms with van der Waals surface area (Å²) in [5.41, 5.74) is 1.95.